The van der Waals surface area contributed by atoms with Gasteiger partial charge in [-0.25, -0.2) is 4.39 Å². The van der Waals surface area contributed by atoms with Gasteiger partial charge in [0.1, 0.15) is 17.1 Å². The normalized spacial score (nSPS) is 16.6. The van der Waals surface area contributed by atoms with Crippen molar-refractivity contribution < 1.29 is 13.9 Å². The largest absolute Gasteiger partial charge is 0.476 e. The molecule has 106 valence electrons. The van der Waals surface area contributed by atoms with Gasteiger partial charge in [-0.2, -0.15) is 5.01 Å². The van der Waals surface area contributed by atoms with Gasteiger partial charge in [-0.15, -0.1) is 5.10 Å². The van der Waals surface area contributed by atoms with E-state index in [1.165, 1.54) is 12.1 Å². The second kappa shape index (κ2) is 5.73. The van der Waals surface area contributed by atoms with Crippen LogP contribution in [0.15, 0.2) is 41.1 Å². The second-order valence-electron chi connectivity index (χ2n) is 4.41. The molecular formula is C14H16FN3O2. The molecule has 0 bridgehead atoms. The first-order valence-corrected chi connectivity index (χ1v) is 6.23. The van der Waals surface area contributed by atoms with Crippen LogP contribution >= 0.6 is 0 Å². The van der Waals surface area contributed by atoms with Crippen molar-refractivity contribution in [1.82, 2.24) is 4.90 Å². The van der Waals surface area contributed by atoms with E-state index in [-0.39, 0.29) is 11.6 Å². The van der Waals surface area contributed by atoms with E-state index < -0.39 is 11.7 Å². The van der Waals surface area contributed by atoms with Gasteiger partial charge >= 0.3 is 0 Å². The highest BCUT2D eigenvalue weighted by atomic mass is 19.1. The molecule has 0 aliphatic carbocycles. The maximum absolute atomic E-state index is 13.8. The summed E-state index contributed by atoms with van der Waals surface area (Å²) in [6.07, 6.45) is 1.61. The van der Waals surface area contributed by atoms with Crippen LogP contribution in [0.25, 0.3) is 0 Å². The lowest BCUT2D eigenvalue weighted by Gasteiger charge is -2.12. The lowest BCUT2D eigenvalue weighted by molar-refractivity contribution is -0.114. The predicted molar refractivity (Wildman–Crippen MR) is 74.7 cm³/mol. The molecule has 0 atom stereocenters. The van der Waals surface area contributed by atoms with Gasteiger partial charge in [0.2, 0.25) is 5.90 Å². The molecule has 1 aliphatic heterocycles. The molecule has 0 fully saturated rings. The van der Waals surface area contributed by atoms with Crippen LogP contribution in [0, 0.1) is 5.82 Å². The van der Waals surface area contributed by atoms with Crippen LogP contribution in [0.5, 0.6) is 0 Å². The van der Waals surface area contributed by atoms with Gasteiger partial charge < -0.3 is 9.64 Å². The van der Waals surface area contributed by atoms with Crippen molar-refractivity contribution in [3.63, 3.8) is 0 Å². The Morgan fingerprint density at radius 3 is 2.70 bits per heavy atom. The molecule has 20 heavy (non-hydrogen) atoms. The summed E-state index contributed by atoms with van der Waals surface area (Å²) in [6.45, 7) is 2.17. The number of para-hydroxylation sites is 1. The molecule has 1 heterocycles. The third-order valence-electron chi connectivity index (χ3n) is 2.59. The van der Waals surface area contributed by atoms with Gasteiger partial charge in [0.25, 0.3) is 5.91 Å². The molecule has 0 N–H and O–H groups in total. The monoisotopic (exact) mass is 277 g/mol. The first-order chi connectivity index (χ1) is 9.54. The van der Waals surface area contributed by atoms with Crippen molar-refractivity contribution in [2.24, 2.45) is 5.10 Å². The van der Waals surface area contributed by atoms with Gasteiger partial charge in [0.15, 0.2) is 0 Å². The second-order valence-corrected chi connectivity index (χ2v) is 4.41. The minimum Gasteiger partial charge on any atom is -0.476 e. The van der Waals surface area contributed by atoms with Crippen molar-refractivity contribution in [1.29, 1.82) is 0 Å². The summed E-state index contributed by atoms with van der Waals surface area (Å²) in [6, 6.07) is 5.99. The van der Waals surface area contributed by atoms with Crippen molar-refractivity contribution in [3.05, 3.63) is 41.9 Å². The molecule has 5 nitrogen and oxygen atoms in total. The lowest BCUT2D eigenvalue weighted by atomic mass is 10.2. The SMILES string of the molecule is CCOC1=NN(c2ccccc2F)C(=O)C1=CN(C)C. The number of hydrogen-bond acceptors (Lipinski definition) is 4. The van der Waals surface area contributed by atoms with Gasteiger partial charge in [-0.05, 0) is 19.1 Å². The Bertz CT molecular complexity index is 582. The fourth-order valence-corrected chi connectivity index (χ4v) is 1.79. The molecule has 0 aromatic heterocycles. The topological polar surface area (TPSA) is 45.1 Å². The standard InChI is InChI=1S/C14H16FN3O2/c1-4-20-13-10(9-17(2)3)14(19)18(16-13)12-8-6-5-7-11(12)15/h5-9H,4H2,1-3H3. The average molecular weight is 277 g/mol. The summed E-state index contributed by atoms with van der Waals surface area (Å²) in [5.41, 5.74) is 0.414. The van der Waals surface area contributed by atoms with E-state index in [1.54, 1.807) is 44.3 Å². The summed E-state index contributed by atoms with van der Waals surface area (Å²) in [7, 11) is 3.57. The van der Waals surface area contributed by atoms with E-state index >= 15 is 0 Å². The Kier molecular flexibility index (Phi) is 4.02. The Hall–Kier alpha value is -2.37. The number of carbonyl (C=O) groups is 1. The number of amides is 1. The number of hydrogen-bond donors (Lipinski definition) is 0. The predicted octanol–water partition coefficient (Wildman–Crippen LogP) is 1.97. The van der Waals surface area contributed by atoms with E-state index in [2.05, 4.69) is 5.10 Å². The highest BCUT2D eigenvalue weighted by Crippen LogP contribution is 2.26. The van der Waals surface area contributed by atoms with Crippen molar-refractivity contribution in [2.45, 2.75) is 6.92 Å². The zero-order chi connectivity index (χ0) is 14.7. The van der Waals surface area contributed by atoms with E-state index in [1.807, 2.05) is 0 Å². The van der Waals surface area contributed by atoms with Gasteiger partial charge in [-0.1, -0.05) is 12.1 Å². The molecule has 6 heteroatoms. The summed E-state index contributed by atoms with van der Waals surface area (Å²) in [5.74, 6) is -0.715. The number of carbonyl (C=O) groups excluding carboxylic acids is 1. The summed E-state index contributed by atoms with van der Waals surface area (Å²) < 4.78 is 19.1. The third kappa shape index (κ3) is 2.64. The maximum Gasteiger partial charge on any atom is 0.285 e. The smallest absolute Gasteiger partial charge is 0.285 e. The van der Waals surface area contributed by atoms with Crippen molar-refractivity contribution >= 4 is 17.5 Å². The van der Waals surface area contributed by atoms with E-state index in [0.29, 0.717) is 12.2 Å². The molecule has 2 rings (SSSR count). The summed E-state index contributed by atoms with van der Waals surface area (Å²) in [5, 5.41) is 5.09. The molecule has 0 saturated heterocycles. The van der Waals surface area contributed by atoms with Crippen LogP contribution in [0.4, 0.5) is 10.1 Å². The number of halogens is 1. The van der Waals surface area contributed by atoms with Crippen molar-refractivity contribution in [2.75, 3.05) is 25.7 Å². The van der Waals surface area contributed by atoms with Crippen LogP contribution in [0.2, 0.25) is 0 Å². The van der Waals surface area contributed by atoms with E-state index in [0.717, 1.165) is 5.01 Å². The number of benzene rings is 1. The maximum atomic E-state index is 13.8. The number of anilines is 1. The van der Waals surface area contributed by atoms with Crippen LogP contribution < -0.4 is 5.01 Å². The molecule has 1 aromatic rings. The Balaban J connectivity index is 2.42. The van der Waals surface area contributed by atoms with Crippen molar-refractivity contribution in [3.8, 4) is 0 Å². The number of rotatable bonds is 3. The molecule has 0 spiro atoms. The molecule has 0 saturated carbocycles. The van der Waals surface area contributed by atoms with E-state index in [9.17, 15) is 9.18 Å². The average Bonchev–Trinajstić information content (AvgIpc) is 2.68. The zero-order valence-corrected chi connectivity index (χ0v) is 11.6. The Morgan fingerprint density at radius 2 is 2.10 bits per heavy atom. The first-order valence-electron chi connectivity index (χ1n) is 6.23. The van der Waals surface area contributed by atoms with Crippen LogP contribution in [-0.4, -0.2) is 37.4 Å². The molecule has 0 radical (unpaired) electrons. The van der Waals surface area contributed by atoms with Crippen LogP contribution in [-0.2, 0) is 9.53 Å². The number of ether oxygens (including phenoxy) is 1. The van der Waals surface area contributed by atoms with Gasteiger partial charge in [0.05, 0.1) is 6.61 Å². The fraction of sp³-hybridized carbons (Fsp3) is 0.286. The summed E-state index contributed by atoms with van der Waals surface area (Å²) in [4.78, 5) is 14.1. The third-order valence-corrected chi connectivity index (χ3v) is 2.59. The van der Waals surface area contributed by atoms with Gasteiger partial charge in [0, 0.05) is 20.3 Å². The fourth-order valence-electron chi connectivity index (χ4n) is 1.79. The highest BCUT2D eigenvalue weighted by molar-refractivity contribution is 6.27. The van der Waals surface area contributed by atoms with Crippen LogP contribution in [0.1, 0.15) is 6.92 Å². The molecule has 0 unspecified atom stereocenters. The quantitative estimate of drug-likeness (QED) is 0.793. The lowest BCUT2D eigenvalue weighted by Crippen LogP contribution is -2.23. The zero-order valence-electron chi connectivity index (χ0n) is 11.6. The minimum atomic E-state index is -0.508. The first kappa shape index (κ1) is 14.0. The van der Waals surface area contributed by atoms with E-state index in [4.69, 9.17) is 4.74 Å². The minimum absolute atomic E-state index is 0.108. The highest BCUT2D eigenvalue weighted by Gasteiger charge is 2.34. The molecule has 1 aromatic carbocycles. The Morgan fingerprint density at radius 1 is 1.40 bits per heavy atom. The molecule has 1 aliphatic rings. The summed E-state index contributed by atoms with van der Waals surface area (Å²) >= 11 is 0. The molecular weight excluding hydrogens is 261 g/mol. The number of hydrazone groups is 1. The number of nitrogens with zero attached hydrogens (tertiary/aromatic N) is 3. The van der Waals surface area contributed by atoms with Gasteiger partial charge in [-0.3, -0.25) is 4.79 Å². The molecule has 1 amide bonds. The van der Waals surface area contributed by atoms with Crippen LogP contribution in [0.3, 0.4) is 0 Å². The Labute approximate surface area is 116 Å².